The maximum absolute atomic E-state index is 13.6. The zero-order valence-electron chi connectivity index (χ0n) is 11.6. The molecule has 0 saturated carbocycles. The van der Waals surface area contributed by atoms with Crippen LogP contribution in [0.15, 0.2) is 16.6 Å². The molecule has 0 saturated heterocycles. The largest absolute Gasteiger partial charge is 0.490 e. The predicted molar refractivity (Wildman–Crippen MR) is 82.2 cm³/mol. The second-order valence-electron chi connectivity index (χ2n) is 4.88. The van der Waals surface area contributed by atoms with Crippen molar-refractivity contribution in [2.45, 2.75) is 26.7 Å². The number of halogens is 4. The highest BCUT2D eigenvalue weighted by Crippen LogP contribution is 2.32. The summed E-state index contributed by atoms with van der Waals surface area (Å²) in [4.78, 5) is 0. The topological polar surface area (TPSA) is 43.4 Å². The lowest BCUT2D eigenvalue weighted by Gasteiger charge is -2.30. The van der Waals surface area contributed by atoms with E-state index in [0.29, 0.717) is 17.3 Å². The molecule has 1 rings (SSSR count). The van der Waals surface area contributed by atoms with E-state index in [1.54, 1.807) is 13.8 Å². The first-order valence-corrected chi connectivity index (χ1v) is 9.59. The summed E-state index contributed by atoms with van der Waals surface area (Å²) in [5, 5.41) is 0. The van der Waals surface area contributed by atoms with Gasteiger partial charge in [-0.2, -0.15) is 4.39 Å². The van der Waals surface area contributed by atoms with Gasteiger partial charge in [0.05, 0.1) is 12.4 Å². The minimum atomic E-state index is -3.72. The molecular formula is C13H16BrClF2O3S. The fourth-order valence-electron chi connectivity index (χ4n) is 1.93. The number of rotatable bonds is 7. The van der Waals surface area contributed by atoms with Crippen LogP contribution in [-0.2, 0) is 9.05 Å². The van der Waals surface area contributed by atoms with Crippen LogP contribution in [-0.4, -0.2) is 20.8 Å². The molecule has 0 aromatic heterocycles. The summed E-state index contributed by atoms with van der Waals surface area (Å²) >= 11 is 3.05. The highest BCUT2D eigenvalue weighted by Gasteiger charge is 2.33. The van der Waals surface area contributed by atoms with Gasteiger partial charge >= 0.3 is 0 Å². The zero-order valence-corrected chi connectivity index (χ0v) is 14.8. The van der Waals surface area contributed by atoms with E-state index < -0.39 is 26.1 Å². The van der Waals surface area contributed by atoms with Crippen molar-refractivity contribution < 1.29 is 21.9 Å². The summed E-state index contributed by atoms with van der Waals surface area (Å²) in [5.74, 6) is -2.69. The van der Waals surface area contributed by atoms with Gasteiger partial charge in [-0.05, 0) is 25.0 Å². The van der Waals surface area contributed by atoms with Crippen LogP contribution < -0.4 is 4.74 Å². The van der Waals surface area contributed by atoms with E-state index >= 15 is 0 Å². The first kappa shape index (κ1) is 18.6. The Kier molecular flexibility index (Phi) is 6.43. The number of hydrogen-bond acceptors (Lipinski definition) is 3. The average Bonchev–Trinajstić information content (AvgIpc) is 2.38. The molecule has 21 heavy (non-hydrogen) atoms. The summed E-state index contributed by atoms with van der Waals surface area (Å²) in [7, 11) is 1.59. The monoisotopic (exact) mass is 404 g/mol. The van der Waals surface area contributed by atoms with Gasteiger partial charge in [-0.3, -0.25) is 0 Å². The fourth-order valence-corrected chi connectivity index (χ4v) is 4.26. The normalized spacial score (nSPS) is 12.5. The van der Waals surface area contributed by atoms with Crippen molar-refractivity contribution in [3.63, 3.8) is 0 Å². The van der Waals surface area contributed by atoms with Crippen molar-refractivity contribution in [1.29, 1.82) is 0 Å². The van der Waals surface area contributed by atoms with Crippen molar-refractivity contribution in [1.82, 2.24) is 0 Å². The van der Waals surface area contributed by atoms with Gasteiger partial charge in [-0.25, -0.2) is 12.8 Å². The molecule has 8 heteroatoms. The van der Waals surface area contributed by atoms with Gasteiger partial charge in [0.15, 0.2) is 11.6 Å². The van der Waals surface area contributed by atoms with Crippen LogP contribution in [0.3, 0.4) is 0 Å². The lowest BCUT2D eigenvalue weighted by Crippen LogP contribution is -2.34. The quantitative estimate of drug-likeness (QED) is 0.496. The van der Waals surface area contributed by atoms with E-state index in [0.717, 1.165) is 6.07 Å². The van der Waals surface area contributed by atoms with Gasteiger partial charge < -0.3 is 4.74 Å². The first-order valence-electron chi connectivity index (χ1n) is 6.32. The molecule has 0 aliphatic rings. The minimum absolute atomic E-state index is 0.0707. The number of hydrogen-bond donors (Lipinski definition) is 0. The molecule has 0 unspecified atom stereocenters. The lowest BCUT2D eigenvalue weighted by atomic mass is 9.85. The molecule has 3 nitrogen and oxygen atoms in total. The van der Waals surface area contributed by atoms with Crippen LogP contribution in [0, 0.1) is 17.0 Å². The smallest absolute Gasteiger partial charge is 0.233 e. The first-order chi connectivity index (χ1) is 9.62. The second kappa shape index (κ2) is 7.24. The molecule has 0 atom stereocenters. The summed E-state index contributed by atoms with van der Waals surface area (Å²) in [6, 6.07) is 2.28. The van der Waals surface area contributed by atoms with Crippen LogP contribution in [0.4, 0.5) is 8.78 Å². The van der Waals surface area contributed by atoms with E-state index in [1.807, 2.05) is 0 Å². The van der Waals surface area contributed by atoms with Crippen LogP contribution in [0.2, 0.25) is 0 Å². The Balaban J connectivity index is 2.97. The lowest BCUT2D eigenvalue weighted by molar-refractivity contribution is 0.149. The van der Waals surface area contributed by atoms with Crippen molar-refractivity contribution in [3.05, 3.63) is 28.2 Å². The number of benzene rings is 1. The molecule has 0 heterocycles. The maximum Gasteiger partial charge on any atom is 0.233 e. The predicted octanol–water partition coefficient (Wildman–Crippen LogP) is 4.48. The second-order valence-corrected chi connectivity index (χ2v) is 8.57. The van der Waals surface area contributed by atoms with Crippen LogP contribution in [0.1, 0.15) is 26.7 Å². The van der Waals surface area contributed by atoms with Gasteiger partial charge in [-0.15, -0.1) is 0 Å². The Morgan fingerprint density at radius 3 is 2.33 bits per heavy atom. The van der Waals surface area contributed by atoms with E-state index in [1.165, 1.54) is 6.07 Å². The third kappa shape index (κ3) is 5.38. The minimum Gasteiger partial charge on any atom is -0.490 e. The van der Waals surface area contributed by atoms with Gasteiger partial charge in [0.1, 0.15) is 0 Å². The molecule has 0 radical (unpaired) electrons. The maximum atomic E-state index is 13.6. The summed E-state index contributed by atoms with van der Waals surface area (Å²) in [6.45, 7) is 3.53. The molecule has 0 fully saturated rings. The Labute approximate surface area is 136 Å². The molecule has 0 spiro atoms. The van der Waals surface area contributed by atoms with Crippen molar-refractivity contribution in [3.8, 4) is 5.75 Å². The van der Waals surface area contributed by atoms with Crippen LogP contribution in [0.5, 0.6) is 5.75 Å². The van der Waals surface area contributed by atoms with E-state index in [9.17, 15) is 17.2 Å². The van der Waals surface area contributed by atoms with Crippen molar-refractivity contribution in [2.75, 3.05) is 12.4 Å². The number of ether oxygens (including phenoxy) is 1. The Morgan fingerprint density at radius 1 is 1.29 bits per heavy atom. The van der Waals surface area contributed by atoms with Crippen molar-refractivity contribution >= 4 is 35.7 Å². The Morgan fingerprint density at radius 2 is 1.86 bits per heavy atom. The summed E-state index contributed by atoms with van der Waals surface area (Å²) < 4.78 is 55.2. The molecule has 120 valence electrons. The van der Waals surface area contributed by atoms with Gasteiger partial charge in [0.2, 0.25) is 14.9 Å². The van der Waals surface area contributed by atoms with Gasteiger partial charge in [0.25, 0.3) is 0 Å². The SMILES string of the molecule is CCC(CC)(COc1cc(Br)cc(F)c1F)CS(=O)(=O)Cl. The third-order valence-corrected chi connectivity index (χ3v) is 5.21. The molecule has 0 N–H and O–H groups in total. The molecule has 0 aliphatic carbocycles. The third-order valence-electron chi connectivity index (χ3n) is 3.47. The van der Waals surface area contributed by atoms with E-state index in [2.05, 4.69) is 15.9 Å². The molecule has 0 amide bonds. The molecule has 0 aliphatic heterocycles. The Hall–Kier alpha value is -0.400. The Bertz CT molecular complexity index is 604. The van der Waals surface area contributed by atoms with E-state index in [-0.39, 0.29) is 18.1 Å². The summed E-state index contributed by atoms with van der Waals surface area (Å²) in [5.41, 5.74) is -0.744. The highest BCUT2D eigenvalue weighted by molar-refractivity contribution is 9.10. The van der Waals surface area contributed by atoms with Crippen molar-refractivity contribution in [2.24, 2.45) is 5.41 Å². The summed E-state index contributed by atoms with van der Waals surface area (Å²) in [6.07, 6.45) is 0.959. The van der Waals surface area contributed by atoms with Gasteiger partial charge in [-0.1, -0.05) is 29.8 Å². The highest BCUT2D eigenvalue weighted by atomic mass is 79.9. The molecule has 0 bridgehead atoms. The van der Waals surface area contributed by atoms with Crippen LogP contribution in [0.25, 0.3) is 0 Å². The van der Waals surface area contributed by atoms with Crippen LogP contribution >= 0.6 is 26.6 Å². The fraction of sp³-hybridized carbons (Fsp3) is 0.538. The molecule has 1 aromatic carbocycles. The molecular weight excluding hydrogens is 390 g/mol. The van der Waals surface area contributed by atoms with Gasteiger partial charge in [0, 0.05) is 20.6 Å². The van der Waals surface area contributed by atoms with E-state index in [4.69, 9.17) is 15.4 Å². The molecule has 1 aromatic rings. The zero-order chi connectivity index (χ0) is 16.3. The average molecular weight is 406 g/mol. The standard InChI is InChI=1S/C13H16BrClF2O3S/c1-3-13(4-2,8-21(15,18)19)7-20-11-6-9(14)5-10(16)12(11)17/h5-6H,3-4,7-8H2,1-2H3.